The first-order valence-corrected chi connectivity index (χ1v) is 7.51. The third-order valence-corrected chi connectivity index (χ3v) is 5.45. The summed E-state index contributed by atoms with van der Waals surface area (Å²) in [4.78, 5) is 2.93. The van der Waals surface area contributed by atoms with Gasteiger partial charge in [0.2, 0.25) is 0 Å². The SMILES string of the molecule is CNC(c1cc(C)sc1C)C1CCCC1(C)C. The Morgan fingerprint density at radius 1 is 1.41 bits per heavy atom. The largest absolute Gasteiger partial charge is 0.313 e. The van der Waals surface area contributed by atoms with E-state index in [4.69, 9.17) is 0 Å². The second kappa shape index (κ2) is 4.74. The highest BCUT2D eigenvalue weighted by molar-refractivity contribution is 7.12. The molecule has 1 N–H and O–H groups in total. The van der Waals surface area contributed by atoms with Crippen LogP contribution in [0.3, 0.4) is 0 Å². The van der Waals surface area contributed by atoms with Gasteiger partial charge in [0.25, 0.3) is 0 Å². The molecule has 2 atom stereocenters. The smallest absolute Gasteiger partial charge is 0.0362 e. The monoisotopic (exact) mass is 251 g/mol. The van der Waals surface area contributed by atoms with Crippen molar-refractivity contribution in [3.63, 3.8) is 0 Å². The molecule has 2 heteroatoms. The van der Waals surface area contributed by atoms with E-state index in [0.717, 1.165) is 5.92 Å². The van der Waals surface area contributed by atoms with Gasteiger partial charge in [-0.15, -0.1) is 11.3 Å². The van der Waals surface area contributed by atoms with Crippen LogP contribution in [0.5, 0.6) is 0 Å². The van der Waals surface area contributed by atoms with Gasteiger partial charge in [0.05, 0.1) is 0 Å². The molecule has 1 saturated carbocycles. The van der Waals surface area contributed by atoms with Gasteiger partial charge in [-0.2, -0.15) is 0 Å². The Hall–Kier alpha value is -0.340. The summed E-state index contributed by atoms with van der Waals surface area (Å²) in [7, 11) is 2.12. The van der Waals surface area contributed by atoms with Crippen molar-refractivity contribution >= 4 is 11.3 Å². The zero-order chi connectivity index (χ0) is 12.6. The lowest BCUT2D eigenvalue weighted by Crippen LogP contribution is -2.32. The molecular weight excluding hydrogens is 226 g/mol. The minimum Gasteiger partial charge on any atom is -0.313 e. The van der Waals surface area contributed by atoms with Crippen LogP contribution in [0.4, 0.5) is 0 Å². The van der Waals surface area contributed by atoms with Crippen molar-refractivity contribution in [1.82, 2.24) is 5.32 Å². The van der Waals surface area contributed by atoms with Crippen LogP contribution in [0.2, 0.25) is 0 Å². The first-order chi connectivity index (χ1) is 7.95. The van der Waals surface area contributed by atoms with E-state index in [1.807, 2.05) is 11.3 Å². The molecule has 2 rings (SSSR count). The lowest BCUT2D eigenvalue weighted by Gasteiger charge is -2.34. The third-order valence-electron chi connectivity index (χ3n) is 4.47. The van der Waals surface area contributed by atoms with Crippen molar-refractivity contribution in [1.29, 1.82) is 0 Å². The summed E-state index contributed by atoms with van der Waals surface area (Å²) < 4.78 is 0. The maximum absolute atomic E-state index is 3.58. The van der Waals surface area contributed by atoms with Crippen LogP contribution < -0.4 is 5.32 Å². The molecule has 1 aliphatic carbocycles. The Kier molecular flexibility index (Phi) is 3.65. The lowest BCUT2D eigenvalue weighted by molar-refractivity contribution is 0.203. The number of nitrogens with one attached hydrogen (secondary N) is 1. The quantitative estimate of drug-likeness (QED) is 0.837. The zero-order valence-electron chi connectivity index (χ0n) is 11.8. The van der Waals surface area contributed by atoms with E-state index in [0.29, 0.717) is 11.5 Å². The second-order valence-electron chi connectivity index (χ2n) is 6.12. The van der Waals surface area contributed by atoms with Crippen molar-refractivity contribution in [2.75, 3.05) is 7.05 Å². The fraction of sp³-hybridized carbons (Fsp3) is 0.733. The Bertz CT molecular complexity index is 392. The van der Waals surface area contributed by atoms with Crippen LogP contribution in [0.15, 0.2) is 6.07 Å². The number of thiophene rings is 1. The standard InChI is InChI=1S/C15H25NS/c1-10-9-12(11(2)17-10)14(16-5)13-7-6-8-15(13,3)4/h9,13-14,16H,6-8H2,1-5H3. The average molecular weight is 251 g/mol. The van der Waals surface area contributed by atoms with E-state index >= 15 is 0 Å². The molecule has 17 heavy (non-hydrogen) atoms. The minimum atomic E-state index is 0.482. The highest BCUT2D eigenvalue weighted by Gasteiger charge is 2.40. The molecule has 1 fully saturated rings. The average Bonchev–Trinajstić information content (AvgIpc) is 2.73. The zero-order valence-corrected chi connectivity index (χ0v) is 12.6. The van der Waals surface area contributed by atoms with Crippen molar-refractivity contribution in [3.8, 4) is 0 Å². The highest BCUT2D eigenvalue weighted by Crippen LogP contribution is 2.49. The third kappa shape index (κ3) is 2.43. The Labute approximate surface area is 110 Å². The maximum atomic E-state index is 3.58. The second-order valence-corrected chi connectivity index (χ2v) is 7.58. The topological polar surface area (TPSA) is 12.0 Å². The molecule has 0 saturated heterocycles. The van der Waals surface area contributed by atoms with Gasteiger partial charge in [0.1, 0.15) is 0 Å². The van der Waals surface area contributed by atoms with Crippen LogP contribution in [0, 0.1) is 25.2 Å². The summed E-state index contributed by atoms with van der Waals surface area (Å²) >= 11 is 1.93. The van der Waals surface area contributed by atoms with Gasteiger partial charge in [-0.25, -0.2) is 0 Å². The molecule has 2 unspecified atom stereocenters. The van der Waals surface area contributed by atoms with Gasteiger partial charge in [0, 0.05) is 15.8 Å². The van der Waals surface area contributed by atoms with Crippen LogP contribution in [-0.2, 0) is 0 Å². The van der Waals surface area contributed by atoms with E-state index in [9.17, 15) is 0 Å². The molecule has 0 radical (unpaired) electrons. The van der Waals surface area contributed by atoms with E-state index in [2.05, 4.69) is 46.1 Å². The molecule has 1 heterocycles. The summed E-state index contributed by atoms with van der Waals surface area (Å²) in [6.45, 7) is 9.35. The molecule has 96 valence electrons. The van der Waals surface area contributed by atoms with E-state index in [-0.39, 0.29) is 0 Å². The molecular formula is C15H25NS. The summed E-state index contributed by atoms with van der Waals surface area (Å²) in [6, 6.07) is 2.92. The van der Waals surface area contributed by atoms with Crippen molar-refractivity contribution < 1.29 is 0 Å². The highest BCUT2D eigenvalue weighted by atomic mass is 32.1. The van der Waals surface area contributed by atoms with Gasteiger partial charge in [0.15, 0.2) is 0 Å². The summed E-state index contributed by atoms with van der Waals surface area (Å²) in [5, 5.41) is 3.58. The Morgan fingerprint density at radius 3 is 2.53 bits per heavy atom. The molecule has 0 spiro atoms. The molecule has 1 aromatic heterocycles. The van der Waals surface area contributed by atoms with Crippen LogP contribution >= 0.6 is 11.3 Å². The summed E-state index contributed by atoms with van der Waals surface area (Å²) in [6.07, 6.45) is 4.13. The maximum Gasteiger partial charge on any atom is 0.0362 e. The Balaban J connectivity index is 2.31. The van der Waals surface area contributed by atoms with E-state index in [1.54, 1.807) is 0 Å². The molecule has 0 amide bonds. The van der Waals surface area contributed by atoms with Gasteiger partial charge < -0.3 is 5.32 Å². The molecule has 0 bridgehead atoms. The van der Waals surface area contributed by atoms with E-state index < -0.39 is 0 Å². The summed E-state index contributed by atoms with van der Waals surface area (Å²) in [5.74, 6) is 0.778. The lowest BCUT2D eigenvalue weighted by atomic mass is 9.75. The van der Waals surface area contributed by atoms with E-state index in [1.165, 1.54) is 34.6 Å². The number of aryl methyl sites for hydroxylation is 2. The molecule has 0 aromatic carbocycles. The van der Waals surface area contributed by atoms with Crippen molar-refractivity contribution in [2.24, 2.45) is 11.3 Å². The van der Waals surface area contributed by atoms with Gasteiger partial charge in [-0.05, 0) is 56.7 Å². The molecule has 0 aliphatic heterocycles. The predicted molar refractivity (Wildman–Crippen MR) is 76.7 cm³/mol. The Morgan fingerprint density at radius 2 is 2.12 bits per heavy atom. The summed E-state index contributed by atoms with van der Waals surface area (Å²) in [5.41, 5.74) is 2.02. The number of hydrogen-bond donors (Lipinski definition) is 1. The number of rotatable bonds is 3. The van der Waals surface area contributed by atoms with Gasteiger partial charge in [-0.1, -0.05) is 20.3 Å². The van der Waals surface area contributed by atoms with Crippen molar-refractivity contribution in [2.45, 2.75) is 53.0 Å². The van der Waals surface area contributed by atoms with Crippen LogP contribution in [-0.4, -0.2) is 7.05 Å². The van der Waals surface area contributed by atoms with Gasteiger partial charge in [-0.3, -0.25) is 0 Å². The normalized spacial score (nSPS) is 25.1. The fourth-order valence-electron chi connectivity index (χ4n) is 3.50. The van der Waals surface area contributed by atoms with Crippen LogP contribution in [0.1, 0.15) is 54.5 Å². The van der Waals surface area contributed by atoms with Gasteiger partial charge >= 0.3 is 0 Å². The first kappa shape index (κ1) is 13.1. The number of hydrogen-bond acceptors (Lipinski definition) is 2. The molecule has 1 nitrogen and oxygen atoms in total. The molecule has 1 aliphatic rings. The minimum absolute atomic E-state index is 0.482. The molecule has 1 aromatic rings. The fourth-order valence-corrected chi connectivity index (χ4v) is 4.48. The van der Waals surface area contributed by atoms with Crippen molar-refractivity contribution in [3.05, 3.63) is 21.4 Å². The predicted octanol–water partition coefficient (Wildman–Crippen LogP) is 4.45. The van der Waals surface area contributed by atoms with Crippen LogP contribution in [0.25, 0.3) is 0 Å². The first-order valence-electron chi connectivity index (χ1n) is 6.70.